The molecule has 0 spiro atoms. The van der Waals surface area contributed by atoms with Crippen LogP contribution in [-0.2, 0) is 6.54 Å². The van der Waals surface area contributed by atoms with Crippen molar-refractivity contribution in [2.24, 2.45) is 5.73 Å². The second kappa shape index (κ2) is 8.82. The van der Waals surface area contributed by atoms with Gasteiger partial charge in [0.1, 0.15) is 0 Å². The summed E-state index contributed by atoms with van der Waals surface area (Å²) < 4.78 is 2.16. The molecule has 4 aromatic rings. The maximum Gasteiger partial charge on any atom is 0.256 e. The van der Waals surface area contributed by atoms with Gasteiger partial charge < -0.3 is 20.1 Å². The third-order valence-electron chi connectivity index (χ3n) is 6.30. The summed E-state index contributed by atoms with van der Waals surface area (Å²) in [5.41, 5.74) is 9.89. The van der Waals surface area contributed by atoms with Gasteiger partial charge in [0.15, 0.2) is 0 Å². The summed E-state index contributed by atoms with van der Waals surface area (Å²) in [6, 6.07) is 25.7. The highest BCUT2D eigenvalue weighted by atomic mass is 16.2. The van der Waals surface area contributed by atoms with Gasteiger partial charge in [-0.15, -0.1) is 0 Å². The number of carbonyl (C=O) groups is 2. The molecule has 33 heavy (non-hydrogen) atoms. The number of amides is 2. The number of anilines is 1. The van der Waals surface area contributed by atoms with Crippen molar-refractivity contribution >= 4 is 28.4 Å². The van der Waals surface area contributed by atoms with E-state index in [0.29, 0.717) is 18.7 Å². The van der Waals surface area contributed by atoms with Crippen LogP contribution in [-0.4, -0.2) is 47.5 Å². The Hall–Kier alpha value is -4.06. The number of aromatic nitrogens is 1. The monoisotopic (exact) mass is 438 g/mol. The fraction of sp³-hybridized carbons (Fsp3) is 0.185. The third kappa shape index (κ3) is 4.20. The maximum absolute atomic E-state index is 13.5. The van der Waals surface area contributed by atoms with E-state index in [0.717, 1.165) is 41.8 Å². The van der Waals surface area contributed by atoms with Crippen molar-refractivity contribution in [1.82, 2.24) is 9.47 Å². The highest BCUT2D eigenvalue weighted by Crippen LogP contribution is 2.25. The van der Waals surface area contributed by atoms with Gasteiger partial charge in [-0.2, -0.15) is 0 Å². The quantitative estimate of drug-likeness (QED) is 0.516. The number of hydrogen-bond acceptors (Lipinski definition) is 3. The minimum Gasteiger partial charge on any atom is -0.368 e. The summed E-state index contributed by atoms with van der Waals surface area (Å²) in [6.45, 7) is 3.50. The minimum atomic E-state index is -0.427. The van der Waals surface area contributed by atoms with Crippen molar-refractivity contribution in [1.29, 1.82) is 0 Å². The van der Waals surface area contributed by atoms with E-state index in [1.165, 1.54) is 5.56 Å². The third-order valence-corrected chi connectivity index (χ3v) is 6.30. The molecule has 1 aromatic heterocycles. The Labute approximate surface area is 192 Å². The van der Waals surface area contributed by atoms with Crippen LogP contribution in [0.1, 0.15) is 26.3 Å². The first kappa shape index (κ1) is 20.8. The van der Waals surface area contributed by atoms with Gasteiger partial charge in [0.05, 0.1) is 5.56 Å². The van der Waals surface area contributed by atoms with Gasteiger partial charge in [0.2, 0.25) is 5.91 Å². The molecule has 0 bridgehead atoms. The Kier molecular flexibility index (Phi) is 5.57. The van der Waals surface area contributed by atoms with E-state index in [1.807, 2.05) is 59.6 Å². The van der Waals surface area contributed by atoms with Gasteiger partial charge in [0, 0.05) is 61.1 Å². The lowest BCUT2D eigenvalue weighted by atomic mass is 10.1. The zero-order chi connectivity index (χ0) is 22.8. The normalized spacial score (nSPS) is 13.9. The van der Waals surface area contributed by atoms with Crippen molar-refractivity contribution in [2.75, 3.05) is 31.1 Å². The topological polar surface area (TPSA) is 71.6 Å². The minimum absolute atomic E-state index is 0.0711. The van der Waals surface area contributed by atoms with Gasteiger partial charge in [-0.1, -0.05) is 48.5 Å². The van der Waals surface area contributed by atoms with Gasteiger partial charge in [0.25, 0.3) is 5.91 Å². The number of primary amides is 1. The number of nitrogens with two attached hydrogens (primary N) is 1. The highest BCUT2D eigenvalue weighted by molar-refractivity contribution is 6.07. The first-order valence-corrected chi connectivity index (χ1v) is 11.2. The average Bonchev–Trinajstić information content (AvgIpc) is 3.23. The molecule has 2 heterocycles. The predicted molar refractivity (Wildman–Crippen MR) is 131 cm³/mol. The lowest BCUT2D eigenvalue weighted by molar-refractivity contribution is 0.0748. The molecule has 0 atom stereocenters. The predicted octanol–water partition coefficient (Wildman–Crippen LogP) is 3.75. The lowest BCUT2D eigenvalue weighted by Gasteiger charge is -2.36. The molecule has 0 aliphatic carbocycles. The van der Waals surface area contributed by atoms with Crippen LogP contribution in [0.5, 0.6) is 0 Å². The van der Waals surface area contributed by atoms with E-state index >= 15 is 0 Å². The van der Waals surface area contributed by atoms with Gasteiger partial charge in [-0.3, -0.25) is 9.59 Å². The van der Waals surface area contributed by atoms with Crippen LogP contribution in [0.3, 0.4) is 0 Å². The summed E-state index contributed by atoms with van der Waals surface area (Å²) in [7, 11) is 0. The number of fused-ring (bicyclic) bond motifs is 1. The van der Waals surface area contributed by atoms with Crippen molar-refractivity contribution in [3.8, 4) is 0 Å². The Balaban J connectivity index is 1.33. The van der Waals surface area contributed by atoms with Crippen molar-refractivity contribution < 1.29 is 9.59 Å². The van der Waals surface area contributed by atoms with Crippen LogP contribution < -0.4 is 10.6 Å². The van der Waals surface area contributed by atoms with Crippen LogP contribution >= 0.6 is 0 Å². The molecule has 0 radical (unpaired) electrons. The van der Waals surface area contributed by atoms with Crippen LogP contribution in [0, 0.1) is 0 Å². The van der Waals surface area contributed by atoms with E-state index in [1.54, 1.807) is 12.1 Å². The van der Waals surface area contributed by atoms with Crippen molar-refractivity contribution in [3.05, 3.63) is 102 Å². The maximum atomic E-state index is 13.5. The molecule has 3 aromatic carbocycles. The number of carbonyl (C=O) groups excluding carboxylic acids is 2. The number of para-hydroxylation sites is 1. The largest absolute Gasteiger partial charge is 0.368 e. The summed E-state index contributed by atoms with van der Waals surface area (Å²) in [5, 5.41) is 0.989. The zero-order valence-electron chi connectivity index (χ0n) is 18.4. The summed E-state index contributed by atoms with van der Waals surface area (Å²) in [6.07, 6.45) is 1.99. The molecular formula is C27H26N4O2. The molecular weight excluding hydrogens is 412 g/mol. The molecule has 0 saturated carbocycles. The zero-order valence-corrected chi connectivity index (χ0v) is 18.4. The number of rotatable bonds is 5. The van der Waals surface area contributed by atoms with Crippen molar-refractivity contribution in [3.63, 3.8) is 0 Å². The van der Waals surface area contributed by atoms with Crippen LogP contribution in [0.25, 0.3) is 10.9 Å². The molecule has 1 aliphatic heterocycles. The average molecular weight is 439 g/mol. The number of benzene rings is 3. The number of nitrogens with zero attached hydrogens (tertiary/aromatic N) is 3. The fourth-order valence-corrected chi connectivity index (χ4v) is 4.50. The van der Waals surface area contributed by atoms with E-state index in [4.69, 9.17) is 5.73 Å². The van der Waals surface area contributed by atoms with Gasteiger partial charge >= 0.3 is 0 Å². The Morgan fingerprint density at radius 3 is 2.15 bits per heavy atom. The molecule has 6 heteroatoms. The Morgan fingerprint density at radius 1 is 0.788 bits per heavy atom. The SMILES string of the molecule is NC(=O)c1ccc(N2CCN(C(=O)c3cn(Cc4ccccc4)c4ccccc34)CC2)cc1. The summed E-state index contributed by atoms with van der Waals surface area (Å²) in [5.74, 6) is -0.356. The van der Waals surface area contributed by atoms with Crippen LogP contribution in [0.15, 0.2) is 85.1 Å². The molecule has 2 N–H and O–H groups in total. The molecule has 1 saturated heterocycles. The van der Waals surface area contributed by atoms with Crippen molar-refractivity contribution in [2.45, 2.75) is 6.54 Å². The fourth-order valence-electron chi connectivity index (χ4n) is 4.50. The summed E-state index contributed by atoms with van der Waals surface area (Å²) >= 11 is 0. The number of piperazine rings is 1. The second-order valence-electron chi connectivity index (χ2n) is 8.36. The smallest absolute Gasteiger partial charge is 0.256 e. The van der Waals surface area contributed by atoms with Crippen LogP contribution in [0.2, 0.25) is 0 Å². The molecule has 1 fully saturated rings. The molecule has 0 unspecified atom stereocenters. The second-order valence-corrected chi connectivity index (χ2v) is 8.36. The van der Waals surface area contributed by atoms with E-state index < -0.39 is 5.91 Å². The van der Waals surface area contributed by atoms with E-state index in [9.17, 15) is 9.59 Å². The molecule has 2 amide bonds. The molecule has 5 rings (SSSR count). The first-order chi connectivity index (χ1) is 16.1. The molecule has 1 aliphatic rings. The van der Waals surface area contributed by atoms with E-state index in [2.05, 4.69) is 27.7 Å². The van der Waals surface area contributed by atoms with Gasteiger partial charge in [-0.25, -0.2) is 0 Å². The summed E-state index contributed by atoms with van der Waals surface area (Å²) in [4.78, 5) is 28.9. The standard InChI is InChI=1S/C27H26N4O2/c28-26(32)21-10-12-22(13-11-21)29-14-16-30(17-15-29)27(33)24-19-31(18-20-6-2-1-3-7-20)25-9-5-4-8-23(24)25/h1-13,19H,14-18H2,(H2,28,32). The number of hydrogen-bond donors (Lipinski definition) is 1. The van der Waals surface area contributed by atoms with E-state index in [-0.39, 0.29) is 5.91 Å². The Morgan fingerprint density at radius 2 is 1.45 bits per heavy atom. The van der Waals surface area contributed by atoms with Gasteiger partial charge in [-0.05, 0) is 35.9 Å². The lowest BCUT2D eigenvalue weighted by Crippen LogP contribution is -2.48. The molecule has 166 valence electrons. The Bertz CT molecular complexity index is 1290. The molecule has 6 nitrogen and oxygen atoms in total. The first-order valence-electron chi connectivity index (χ1n) is 11.2. The van der Waals surface area contributed by atoms with Crippen LogP contribution in [0.4, 0.5) is 5.69 Å². The highest BCUT2D eigenvalue weighted by Gasteiger charge is 2.25.